The van der Waals surface area contributed by atoms with E-state index in [1.807, 2.05) is 6.92 Å². The van der Waals surface area contributed by atoms with Gasteiger partial charge in [0.1, 0.15) is 22.9 Å². The summed E-state index contributed by atoms with van der Waals surface area (Å²) in [6.07, 6.45) is 3.81. The van der Waals surface area contributed by atoms with E-state index in [-0.39, 0.29) is 41.5 Å². The van der Waals surface area contributed by atoms with E-state index < -0.39 is 28.3 Å². The Kier molecular flexibility index (Phi) is 9.22. The number of hydrogen-bond donors (Lipinski definition) is 2. The minimum atomic E-state index is -3.95. The van der Waals surface area contributed by atoms with Crippen LogP contribution in [0.25, 0.3) is 0 Å². The Morgan fingerprint density at radius 1 is 1.26 bits per heavy atom. The third kappa shape index (κ3) is 6.56. The summed E-state index contributed by atoms with van der Waals surface area (Å²) in [5.41, 5.74) is 0.514. The van der Waals surface area contributed by atoms with Crippen molar-refractivity contribution in [2.75, 3.05) is 26.7 Å². The van der Waals surface area contributed by atoms with Crippen molar-refractivity contribution in [2.24, 2.45) is 11.8 Å². The van der Waals surface area contributed by atoms with Gasteiger partial charge in [-0.15, -0.1) is 0 Å². The predicted octanol–water partition coefficient (Wildman–Crippen LogP) is 2.23. The van der Waals surface area contributed by atoms with Crippen LogP contribution in [0.4, 0.5) is 0 Å². The Morgan fingerprint density at radius 3 is 2.57 bits per heavy atom. The second kappa shape index (κ2) is 11.7. The molecule has 8 nitrogen and oxygen atoms in total. The van der Waals surface area contributed by atoms with Crippen LogP contribution in [0.1, 0.15) is 58.4 Å². The van der Waals surface area contributed by atoms with E-state index in [1.165, 1.54) is 16.8 Å². The third-order valence-corrected chi connectivity index (χ3v) is 8.90. The molecule has 1 aliphatic carbocycles. The second-order valence-electron chi connectivity index (χ2n) is 9.90. The van der Waals surface area contributed by atoms with Crippen molar-refractivity contribution >= 4 is 15.9 Å². The number of aliphatic hydroxyl groups is 2. The first-order valence-corrected chi connectivity index (χ1v) is 13.9. The molecule has 0 bridgehead atoms. The van der Waals surface area contributed by atoms with E-state index in [9.17, 15) is 23.4 Å². The lowest BCUT2D eigenvalue weighted by Gasteiger charge is -2.38. The summed E-state index contributed by atoms with van der Waals surface area (Å²) >= 11 is 0. The minimum absolute atomic E-state index is 0.00134. The average molecular weight is 507 g/mol. The van der Waals surface area contributed by atoms with Crippen LogP contribution in [-0.4, -0.2) is 78.7 Å². The number of hydrogen-bond acceptors (Lipinski definition) is 6. The van der Waals surface area contributed by atoms with Crippen molar-refractivity contribution in [1.82, 2.24) is 9.21 Å². The SMILES string of the molecule is C[C@H](O)C#Cc1ccc2c(c1)O[C@H](CN(C)C(=O)C1CCCCC1)[C@H](C)CN([C@@H](C)CO)S2(=O)=O. The summed E-state index contributed by atoms with van der Waals surface area (Å²) in [6, 6.07) is 3.98. The van der Waals surface area contributed by atoms with Gasteiger partial charge >= 0.3 is 0 Å². The normalized spacial score (nSPS) is 24.5. The minimum Gasteiger partial charge on any atom is -0.487 e. The van der Waals surface area contributed by atoms with Gasteiger partial charge < -0.3 is 19.8 Å². The van der Waals surface area contributed by atoms with Crippen LogP contribution >= 0.6 is 0 Å². The number of carbonyl (C=O) groups is 1. The summed E-state index contributed by atoms with van der Waals surface area (Å²) in [6.45, 7) is 5.28. The highest BCUT2D eigenvalue weighted by atomic mass is 32.2. The Bertz CT molecular complexity index is 1060. The summed E-state index contributed by atoms with van der Waals surface area (Å²) < 4.78 is 34.7. The fraction of sp³-hybridized carbons (Fsp3) is 0.654. The summed E-state index contributed by atoms with van der Waals surface area (Å²) in [5.74, 6) is 5.54. The Labute approximate surface area is 209 Å². The number of ether oxygens (including phenoxy) is 1. The van der Waals surface area contributed by atoms with Crippen molar-refractivity contribution in [3.05, 3.63) is 23.8 Å². The molecule has 9 heteroatoms. The predicted molar refractivity (Wildman–Crippen MR) is 133 cm³/mol. The lowest BCUT2D eigenvalue weighted by atomic mass is 9.88. The van der Waals surface area contributed by atoms with Crippen molar-refractivity contribution in [3.63, 3.8) is 0 Å². The van der Waals surface area contributed by atoms with E-state index in [1.54, 1.807) is 37.9 Å². The zero-order chi connectivity index (χ0) is 25.8. The highest BCUT2D eigenvalue weighted by Crippen LogP contribution is 2.34. The first kappa shape index (κ1) is 27.5. The van der Waals surface area contributed by atoms with Crippen molar-refractivity contribution in [2.45, 2.75) is 76.0 Å². The molecule has 1 fully saturated rings. The zero-order valence-corrected chi connectivity index (χ0v) is 21.9. The van der Waals surface area contributed by atoms with E-state index in [0.717, 1.165) is 25.7 Å². The zero-order valence-electron chi connectivity index (χ0n) is 21.1. The van der Waals surface area contributed by atoms with Gasteiger partial charge in [0.05, 0.1) is 13.2 Å². The van der Waals surface area contributed by atoms with Crippen molar-refractivity contribution in [1.29, 1.82) is 0 Å². The number of amides is 1. The van der Waals surface area contributed by atoms with Gasteiger partial charge in [0, 0.05) is 37.0 Å². The van der Waals surface area contributed by atoms with E-state index in [0.29, 0.717) is 12.1 Å². The highest BCUT2D eigenvalue weighted by molar-refractivity contribution is 7.89. The van der Waals surface area contributed by atoms with E-state index >= 15 is 0 Å². The molecule has 0 spiro atoms. The Balaban J connectivity index is 1.97. The smallest absolute Gasteiger partial charge is 0.247 e. The molecule has 1 heterocycles. The maximum Gasteiger partial charge on any atom is 0.247 e. The van der Waals surface area contributed by atoms with Crippen LogP contribution in [-0.2, 0) is 14.8 Å². The fourth-order valence-electron chi connectivity index (χ4n) is 4.73. The molecule has 1 aromatic carbocycles. The van der Waals surface area contributed by atoms with Crippen molar-refractivity contribution in [3.8, 4) is 17.6 Å². The molecule has 1 aliphatic heterocycles. The number of likely N-dealkylation sites (N-methyl/N-ethyl adjacent to an activating group) is 1. The van der Waals surface area contributed by atoms with Gasteiger partial charge in [-0.1, -0.05) is 38.0 Å². The van der Waals surface area contributed by atoms with E-state index in [4.69, 9.17) is 4.74 Å². The first-order valence-electron chi connectivity index (χ1n) is 12.4. The molecule has 3 rings (SSSR count). The molecule has 1 aromatic rings. The quantitative estimate of drug-likeness (QED) is 0.593. The molecule has 2 aliphatic rings. The standard InChI is InChI=1S/C26H38N2O6S/c1-18-15-28(19(2)17-29)35(32,33)25-13-12-21(11-10-20(3)30)14-23(25)34-24(18)16-27(4)26(31)22-8-6-5-7-9-22/h12-14,18-20,22,24,29-30H,5-9,15-17H2,1-4H3/t18-,19+,20+,24-/m1/s1. The number of carbonyl (C=O) groups excluding carboxylic acids is 1. The van der Waals surface area contributed by atoms with Gasteiger partial charge in [0.2, 0.25) is 15.9 Å². The number of fused-ring (bicyclic) bond motifs is 1. The van der Waals surface area contributed by atoms with Crippen LogP contribution < -0.4 is 4.74 Å². The van der Waals surface area contributed by atoms with E-state index in [2.05, 4.69) is 11.8 Å². The third-order valence-electron chi connectivity index (χ3n) is 6.88. The lowest BCUT2D eigenvalue weighted by Crippen LogP contribution is -2.50. The van der Waals surface area contributed by atoms with Gasteiger partial charge in [-0.3, -0.25) is 4.79 Å². The van der Waals surface area contributed by atoms with Crippen molar-refractivity contribution < 1.29 is 28.2 Å². The van der Waals surface area contributed by atoms with Crippen LogP contribution in [0, 0.1) is 23.7 Å². The molecule has 0 radical (unpaired) electrons. The Morgan fingerprint density at radius 2 is 1.94 bits per heavy atom. The molecule has 1 saturated carbocycles. The van der Waals surface area contributed by atoms with Gasteiger partial charge in [0.25, 0.3) is 0 Å². The summed E-state index contributed by atoms with van der Waals surface area (Å²) in [4.78, 5) is 14.8. The maximum absolute atomic E-state index is 13.5. The largest absolute Gasteiger partial charge is 0.487 e. The first-order chi connectivity index (χ1) is 16.5. The second-order valence-corrected chi connectivity index (χ2v) is 11.8. The van der Waals surface area contributed by atoms with Gasteiger partial charge in [-0.05, 0) is 44.9 Å². The van der Waals surface area contributed by atoms with Gasteiger partial charge in [-0.2, -0.15) is 4.31 Å². The maximum atomic E-state index is 13.5. The molecule has 4 atom stereocenters. The van der Waals surface area contributed by atoms with Gasteiger partial charge in [0.15, 0.2) is 0 Å². The van der Waals surface area contributed by atoms with Crippen LogP contribution in [0.5, 0.6) is 5.75 Å². The molecular formula is C26H38N2O6S. The molecule has 1 amide bonds. The topological polar surface area (TPSA) is 107 Å². The summed E-state index contributed by atoms with van der Waals surface area (Å²) in [5, 5.41) is 19.3. The van der Waals surface area contributed by atoms with Crippen LogP contribution in [0.3, 0.4) is 0 Å². The number of nitrogens with zero attached hydrogens (tertiary/aromatic N) is 2. The number of sulfonamides is 1. The molecule has 0 aromatic heterocycles. The number of rotatable bonds is 5. The molecule has 0 unspecified atom stereocenters. The molecule has 35 heavy (non-hydrogen) atoms. The molecule has 0 saturated heterocycles. The Hall–Kier alpha value is -2.12. The molecule has 2 N–H and O–H groups in total. The van der Waals surface area contributed by atoms with Crippen LogP contribution in [0.15, 0.2) is 23.1 Å². The number of benzene rings is 1. The monoisotopic (exact) mass is 506 g/mol. The number of aliphatic hydroxyl groups excluding tert-OH is 2. The lowest BCUT2D eigenvalue weighted by molar-refractivity contribution is -0.136. The molecule has 194 valence electrons. The molecular weight excluding hydrogens is 468 g/mol. The van der Waals surface area contributed by atoms with Crippen LogP contribution in [0.2, 0.25) is 0 Å². The average Bonchev–Trinajstić information content (AvgIpc) is 2.84. The van der Waals surface area contributed by atoms with Gasteiger partial charge in [-0.25, -0.2) is 8.42 Å². The highest BCUT2D eigenvalue weighted by Gasteiger charge is 2.38. The fourth-order valence-corrected chi connectivity index (χ4v) is 6.56. The summed E-state index contributed by atoms with van der Waals surface area (Å²) in [7, 11) is -2.17.